The van der Waals surface area contributed by atoms with Crippen LogP contribution in [-0.4, -0.2) is 11.2 Å². The molecule has 2 N–H and O–H groups in total. The van der Waals surface area contributed by atoms with E-state index in [9.17, 15) is 0 Å². The third-order valence-corrected chi connectivity index (χ3v) is 3.62. The number of rotatable bonds is 5. The number of nitrogens with two attached hydrogens (primary N) is 1. The highest BCUT2D eigenvalue weighted by Crippen LogP contribution is 2.27. The Bertz CT molecular complexity index is 587. The lowest BCUT2D eigenvalue weighted by atomic mass is 10.0. The van der Waals surface area contributed by atoms with Gasteiger partial charge in [-0.15, -0.1) is 0 Å². The highest BCUT2D eigenvalue weighted by Gasteiger charge is 2.12. The number of hydrogen-bond acceptors (Lipinski definition) is 4. The lowest BCUT2D eigenvalue weighted by Crippen LogP contribution is -2.18. The first-order valence-electron chi connectivity index (χ1n) is 7.28. The lowest BCUT2D eigenvalue weighted by Gasteiger charge is -2.15. The van der Waals surface area contributed by atoms with E-state index in [2.05, 4.69) is 31.1 Å². The Hall–Kier alpha value is -1.81. The molecule has 4 nitrogen and oxygen atoms in total. The Balaban J connectivity index is 2.17. The van der Waals surface area contributed by atoms with Gasteiger partial charge >= 0.3 is 0 Å². The van der Waals surface area contributed by atoms with Crippen LogP contribution in [0, 0.1) is 27.7 Å². The zero-order valence-corrected chi connectivity index (χ0v) is 13.5. The van der Waals surface area contributed by atoms with E-state index in [1.165, 1.54) is 5.56 Å². The van der Waals surface area contributed by atoms with Crippen molar-refractivity contribution in [1.82, 2.24) is 5.16 Å². The van der Waals surface area contributed by atoms with Crippen LogP contribution in [0.5, 0.6) is 5.75 Å². The summed E-state index contributed by atoms with van der Waals surface area (Å²) >= 11 is 0. The maximum absolute atomic E-state index is 6.00. The van der Waals surface area contributed by atoms with Crippen LogP contribution < -0.4 is 10.5 Å². The zero-order valence-electron chi connectivity index (χ0n) is 13.5. The minimum absolute atomic E-state index is 0.165. The predicted molar refractivity (Wildman–Crippen MR) is 83.6 cm³/mol. The molecule has 0 aliphatic heterocycles. The van der Waals surface area contributed by atoms with Crippen molar-refractivity contribution in [2.45, 2.75) is 53.7 Å². The van der Waals surface area contributed by atoms with Gasteiger partial charge in [0.2, 0.25) is 0 Å². The fraction of sp³-hybridized carbons (Fsp3) is 0.471. The topological polar surface area (TPSA) is 61.3 Å². The smallest absolute Gasteiger partial charge is 0.140 e. The quantitative estimate of drug-likeness (QED) is 0.916. The minimum atomic E-state index is 0.165. The van der Waals surface area contributed by atoms with Gasteiger partial charge in [-0.2, -0.15) is 0 Å². The van der Waals surface area contributed by atoms with Crippen molar-refractivity contribution < 1.29 is 9.26 Å². The molecule has 0 radical (unpaired) electrons. The molecule has 0 saturated carbocycles. The van der Waals surface area contributed by atoms with Gasteiger partial charge in [-0.25, -0.2) is 0 Å². The molecular weight excluding hydrogens is 264 g/mol. The van der Waals surface area contributed by atoms with Gasteiger partial charge in [0, 0.05) is 6.04 Å². The van der Waals surface area contributed by atoms with Crippen LogP contribution in [-0.2, 0) is 13.0 Å². The van der Waals surface area contributed by atoms with E-state index >= 15 is 0 Å². The van der Waals surface area contributed by atoms with Crippen LogP contribution in [0.4, 0.5) is 0 Å². The first kappa shape index (κ1) is 15.6. The predicted octanol–water partition coefficient (Wildman–Crippen LogP) is 3.38. The van der Waals surface area contributed by atoms with E-state index in [0.29, 0.717) is 6.61 Å². The number of aromatic nitrogens is 1. The summed E-state index contributed by atoms with van der Waals surface area (Å²) in [5.74, 6) is 1.75. The summed E-state index contributed by atoms with van der Waals surface area (Å²) in [5, 5.41) is 3.95. The molecule has 1 atom stereocenters. The van der Waals surface area contributed by atoms with Gasteiger partial charge < -0.3 is 15.0 Å². The van der Waals surface area contributed by atoms with E-state index in [1.807, 2.05) is 20.8 Å². The zero-order chi connectivity index (χ0) is 15.6. The molecule has 1 aromatic carbocycles. The van der Waals surface area contributed by atoms with Crippen LogP contribution in [0.1, 0.15) is 40.6 Å². The largest absolute Gasteiger partial charge is 0.488 e. The van der Waals surface area contributed by atoms with Crippen molar-refractivity contribution >= 4 is 0 Å². The van der Waals surface area contributed by atoms with Crippen molar-refractivity contribution in [1.29, 1.82) is 0 Å². The molecule has 2 aromatic rings. The number of ether oxygens (including phenoxy) is 1. The Kier molecular flexibility index (Phi) is 4.68. The Morgan fingerprint density at radius 3 is 2.29 bits per heavy atom. The molecule has 2 rings (SSSR count). The summed E-state index contributed by atoms with van der Waals surface area (Å²) < 4.78 is 11.2. The maximum Gasteiger partial charge on any atom is 0.140 e. The van der Waals surface area contributed by atoms with Gasteiger partial charge in [0.15, 0.2) is 0 Å². The van der Waals surface area contributed by atoms with E-state index in [0.717, 1.165) is 40.3 Å². The highest BCUT2D eigenvalue weighted by atomic mass is 16.5. The molecule has 0 spiro atoms. The van der Waals surface area contributed by atoms with Crippen molar-refractivity contribution in [2.24, 2.45) is 5.73 Å². The second-order valence-electron chi connectivity index (χ2n) is 5.83. The molecule has 21 heavy (non-hydrogen) atoms. The molecule has 0 fully saturated rings. The second kappa shape index (κ2) is 6.31. The minimum Gasteiger partial charge on any atom is -0.488 e. The van der Waals surface area contributed by atoms with Crippen molar-refractivity contribution in [3.05, 3.63) is 45.8 Å². The molecule has 1 aromatic heterocycles. The molecule has 0 saturated heterocycles. The van der Waals surface area contributed by atoms with E-state index in [1.54, 1.807) is 0 Å². The van der Waals surface area contributed by atoms with Gasteiger partial charge in [0.1, 0.15) is 18.1 Å². The molecule has 114 valence electrons. The van der Waals surface area contributed by atoms with Crippen LogP contribution in [0.25, 0.3) is 0 Å². The molecule has 1 heterocycles. The normalized spacial score (nSPS) is 12.5. The summed E-state index contributed by atoms with van der Waals surface area (Å²) in [5.41, 5.74) is 11.3. The molecule has 1 unspecified atom stereocenters. The molecule has 0 amide bonds. The fourth-order valence-electron chi connectivity index (χ4n) is 2.61. The van der Waals surface area contributed by atoms with Gasteiger partial charge in [-0.1, -0.05) is 17.3 Å². The molecular formula is C17H24N2O2. The summed E-state index contributed by atoms with van der Waals surface area (Å²) in [6.07, 6.45) is 0.881. The van der Waals surface area contributed by atoms with E-state index < -0.39 is 0 Å². The van der Waals surface area contributed by atoms with Crippen molar-refractivity contribution in [3.63, 3.8) is 0 Å². The van der Waals surface area contributed by atoms with Crippen LogP contribution in [0.15, 0.2) is 16.7 Å². The van der Waals surface area contributed by atoms with Gasteiger partial charge in [-0.05, 0) is 57.7 Å². The second-order valence-corrected chi connectivity index (χ2v) is 5.83. The average molecular weight is 288 g/mol. The molecule has 0 aliphatic rings. The van der Waals surface area contributed by atoms with Crippen LogP contribution in [0.2, 0.25) is 0 Å². The summed E-state index contributed by atoms with van der Waals surface area (Å²) in [6.45, 7) is 10.5. The number of aryl methyl sites for hydroxylation is 4. The third-order valence-electron chi connectivity index (χ3n) is 3.62. The van der Waals surface area contributed by atoms with Crippen molar-refractivity contribution in [2.75, 3.05) is 0 Å². The van der Waals surface area contributed by atoms with Gasteiger partial charge in [0.25, 0.3) is 0 Å². The van der Waals surface area contributed by atoms with Gasteiger partial charge in [0.05, 0.1) is 11.3 Å². The monoisotopic (exact) mass is 288 g/mol. The Labute approximate surface area is 126 Å². The Morgan fingerprint density at radius 1 is 1.19 bits per heavy atom. The number of benzene rings is 1. The fourth-order valence-corrected chi connectivity index (χ4v) is 2.61. The van der Waals surface area contributed by atoms with Crippen molar-refractivity contribution in [3.8, 4) is 5.75 Å². The Morgan fingerprint density at radius 2 is 1.81 bits per heavy atom. The summed E-state index contributed by atoms with van der Waals surface area (Å²) in [4.78, 5) is 0. The van der Waals surface area contributed by atoms with Crippen LogP contribution in [0.3, 0.4) is 0 Å². The number of nitrogens with zero attached hydrogens (tertiary/aromatic N) is 1. The standard InChI is InChI=1S/C17H24N2O2/c1-10-6-15(8-12(3)18)7-11(2)17(10)20-9-16-13(4)19-21-14(16)5/h6-7,12H,8-9,18H2,1-5H3. The summed E-state index contributed by atoms with van der Waals surface area (Å²) in [6, 6.07) is 4.47. The van der Waals surface area contributed by atoms with Crippen LogP contribution >= 0.6 is 0 Å². The highest BCUT2D eigenvalue weighted by molar-refractivity contribution is 5.43. The molecule has 4 heteroatoms. The first-order chi connectivity index (χ1) is 9.88. The molecule has 0 bridgehead atoms. The van der Waals surface area contributed by atoms with E-state index in [4.69, 9.17) is 15.0 Å². The van der Waals surface area contributed by atoms with Gasteiger partial charge in [-0.3, -0.25) is 0 Å². The first-order valence-corrected chi connectivity index (χ1v) is 7.28. The summed E-state index contributed by atoms with van der Waals surface area (Å²) in [7, 11) is 0. The molecule has 0 aliphatic carbocycles. The SMILES string of the molecule is Cc1cc(CC(C)N)cc(C)c1OCc1c(C)noc1C. The lowest BCUT2D eigenvalue weighted by molar-refractivity contribution is 0.297. The number of hydrogen-bond donors (Lipinski definition) is 1. The third kappa shape index (κ3) is 3.64. The average Bonchev–Trinajstić information content (AvgIpc) is 2.68. The van der Waals surface area contributed by atoms with E-state index in [-0.39, 0.29) is 6.04 Å². The maximum atomic E-state index is 6.00.